The predicted molar refractivity (Wildman–Crippen MR) is 121 cm³/mol. The molecule has 0 aliphatic heterocycles. The summed E-state index contributed by atoms with van der Waals surface area (Å²) in [5.41, 5.74) is 1.64. The van der Waals surface area contributed by atoms with Gasteiger partial charge in [-0.25, -0.2) is 8.42 Å². The zero-order valence-electron chi connectivity index (χ0n) is 17.4. The Bertz CT molecular complexity index is 1090. The quantitative estimate of drug-likeness (QED) is 0.444. The van der Waals surface area contributed by atoms with Crippen LogP contribution in [0.4, 0.5) is 0 Å². The molecule has 0 N–H and O–H groups in total. The molecule has 1 atom stereocenters. The van der Waals surface area contributed by atoms with Crippen LogP contribution in [0.15, 0.2) is 78.0 Å². The second kappa shape index (κ2) is 10.7. The van der Waals surface area contributed by atoms with Crippen molar-refractivity contribution in [3.05, 3.63) is 89.2 Å². The fourth-order valence-electron chi connectivity index (χ4n) is 3.12. The molecule has 1 unspecified atom stereocenters. The summed E-state index contributed by atoms with van der Waals surface area (Å²) in [6, 6.07) is 17.3. The van der Waals surface area contributed by atoms with E-state index in [1.54, 1.807) is 49.8 Å². The summed E-state index contributed by atoms with van der Waals surface area (Å²) in [6.45, 7) is 2.74. The summed E-state index contributed by atoms with van der Waals surface area (Å²) in [6.07, 6.45) is 3.17. The van der Waals surface area contributed by atoms with Gasteiger partial charge in [-0.1, -0.05) is 29.8 Å². The number of ether oxygens (including phenoxy) is 2. The number of hydrogen-bond donors (Lipinski definition) is 0. The van der Waals surface area contributed by atoms with Gasteiger partial charge in [0.1, 0.15) is 11.9 Å². The Morgan fingerprint density at radius 3 is 2.42 bits per heavy atom. The van der Waals surface area contributed by atoms with Crippen molar-refractivity contribution in [2.24, 2.45) is 0 Å². The van der Waals surface area contributed by atoms with Gasteiger partial charge in [-0.05, 0) is 60.5 Å². The molecule has 0 aliphatic rings. The summed E-state index contributed by atoms with van der Waals surface area (Å²) in [5.74, 6) is 0.658. The fourth-order valence-corrected chi connectivity index (χ4v) is 4.83. The van der Waals surface area contributed by atoms with Crippen LogP contribution in [0.3, 0.4) is 0 Å². The second-order valence-electron chi connectivity index (χ2n) is 7.12. The molecular weight excluding hydrogens is 436 g/mol. The van der Waals surface area contributed by atoms with Crippen LogP contribution in [0.2, 0.25) is 5.02 Å². The first-order valence-electron chi connectivity index (χ1n) is 9.77. The van der Waals surface area contributed by atoms with Crippen molar-refractivity contribution in [1.82, 2.24) is 9.29 Å². The number of methoxy groups -OCH3 is 1. The number of halogens is 1. The minimum atomic E-state index is -3.80. The Balaban J connectivity index is 1.90. The molecule has 0 bridgehead atoms. The number of benzene rings is 2. The lowest BCUT2D eigenvalue weighted by Crippen LogP contribution is -2.30. The lowest BCUT2D eigenvalue weighted by Gasteiger charge is -2.23. The van der Waals surface area contributed by atoms with Crippen molar-refractivity contribution in [2.75, 3.05) is 13.7 Å². The lowest BCUT2D eigenvalue weighted by atomic mass is 10.2. The fraction of sp³-hybridized carbons (Fsp3) is 0.261. The molecule has 1 aromatic heterocycles. The Morgan fingerprint density at radius 2 is 1.71 bits per heavy atom. The molecule has 8 heteroatoms. The lowest BCUT2D eigenvalue weighted by molar-refractivity contribution is 0.0920. The molecule has 164 valence electrons. The van der Waals surface area contributed by atoms with E-state index in [2.05, 4.69) is 4.98 Å². The smallest absolute Gasteiger partial charge is 0.243 e. The first-order chi connectivity index (χ1) is 14.9. The van der Waals surface area contributed by atoms with Crippen LogP contribution in [0.25, 0.3) is 0 Å². The number of nitrogens with zero attached hydrogens (tertiary/aromatic N) is 2. The Kier molecular flexibility index (Phi) is 8.03. The van der Waals surface area contributed by atoms with Crippen molar-refractivity contribution in [3.63, 3.8) is 0 Å². The minimum Gasteiger partial charge on any atom is -0.488 e. The van der Waals surface area contributed by atoms with Gasteiger partial charge in [-0.2, -0.15) is 4.31 Å². The number of aromatic nitrogens is 1. The molecule has 0 aliphatic carbocycles. The maximum Gasteiger partial charge on any atom is 0.243 e. The molecule has 0 radical (unpaired) electrons. The normalized spacial score (nSPS) is 12.6. The van der Waals surface area contributed by atoms with Gasteiger partial charge < -0.3 is 9.47 Å². The molecule has 2 aromatic carbocycles. The molecule has 1 heterocycles. The van der Waals surface area contributed by atoms with Crippen molar-refractivity contribution in [3.8, 4) is 5.75 Å². The molecule has 0 spiro atoms. The molecule has 6 nitrogen and oxygen atoms in total. The topological polar surface area (TPSA) is 68.7 Å². The number of sulfonamides is 1. The highest BCUT2D eigenvalue weighted by atomic mass is 35.5. The van der Waals surface area contributed by atoms with E-state index in [4.69, 9.17) is 21.1 Å². The third kappa shape index (κ3) is 6.51. The van der Waals surface area contributed by atoms with E-state index >= 15 is 0 Å². The first kappa shape index (κ1) is 23.2. The highest BCUT2D eigenvalue weighted by Gasteiger charge is 2.25. The van der Waals surface area contributed by atoms with Gasteiger partial charge >= 0.3 is 0 Å². The van der Waals surface area contributed by atoms with Crippen molar-refractivity contribution in [1.29, 1.82) is 0 Å². The van der Waals surface area contributed by atoms with E-state index in [1.165, 1.54) is 10.4 Å². The van der Waals surface area contributed by atoms with Gasteiger partial charge in [0.15, 0.2) is 0 Å². The van der Waals surface area contributed by atoms with Crippen molar-refractivity contribution in [2.45, 2.75) is 31.0 Å². The van der Waals surface area contributed by atoms with E-state index < -0.39 is 10.0 Å². The Labute approximate surface area is 188 Å². The average Bonchev–Trinajstić information content (AvgIpc) is 2.74. The highest BCUT2D eigenvalue weighted by Crippen LogP contribution is 2.25. The van der Waals surface area contributed by atoms with Crippen LogP contribution in [-0.4, -0.2) is 37.5 Å². The van der Waals surface area contributed by atoms with Crippen LogP contribution < -0.4 is 4.74 Å². The van der Waals surface area contributed by atoms with Crippen molar-refractivity contribution >= 4 is 21.6 Å². The SMILES string of the molecule is COCC(C)Oc1cccc(CN(Cc2ccncc2)S(=O)(=O)c2cccc(Cl)c2)c1. The monoisotopic (exact) mass is 460 g/mol. The van der Waals surface area contributed by atoms with Gasteiger partial charge in [0.2, 0.25) is 10.0 Å². The maximum absolute atomic E-state index is 13.4. The summed E-state index contributed by atoms with van der Waals surface area (Å²) in [5, 5.41) is 0.368. The number of rotatable bonds is 10. The average molecular weight is 461 g/mol. The summed E-state index contributed by atoms with van der Waals surface area (Å²) in [7, 11) is -2.18. The maximum atomic E-state index is 13.4. The second-order valence-corrected chi connectivity index (χ2v) is 9.49. The van der Waals surface area contributed by atoms with Crippen LogP contribution >= 0.6 is 11.6 Å². The van der Waals surface area contributed by atoms with Crippen molar-refractivity contribution < 1.29 is 17.9 Å². The molecule has 3 aromatic rings. The van der Waals surface area contributed by atoms with Crippen LogP contribution in [0.5, 0.6) is 5.75 Å². The molecule has 31 heavy (non-hydrogen) atoms. The standard InChI is InChI=1S/C23H25ClN2O4S/c1-18(17-29-2)30-22-7-3-5-20(13-22)16-26(15-19-9-11-25-12-10-19)31(27,28)23-8-4-6-21(24)14-23/h3-14,18H,15-17H2,1-2H3. The van der Waals surface area contributed by atoms with E-state index in [1.807, 2.05) is 31.2 Å². The molecular formula is C23H25ClN2O4S. The van der Waals surface area contributed by atoms with Crippen LogP contribution in [0.1, 0.15) is 18.1 Å². The Morgan fingerprint density at radius 1 is 1.00 bits per heavy atom. The molecule has 0 saturated heterocycles. The van der Waals surface area contributed by atoms with Gasteiger partial charge in [0, 0.05) is 37.6 Å². The van der Waals surface area contributed by atoms with Gasteiger partial charge in [0.05, 0.1) is 11.5 Å². The summed E-state index contributed by atoms with van der Waals surface area (Å²) in [4.78, 5) is 4.16. The first-order valence-corrected chi connectivity index (χ1v) is 11.6. The number of hydrogen-bond acceptors (Lipinski definition) is 5. The molecule has 3 rings (SSSR count). The van der Waals surface area contributed by atoms with E-state index in [-0.39, 0.29) is 24.1 Å². The van der Waals surface area contributed by atoms with E-state index in [0.717, 1.165) is 11.1 Å². The summed E-state index contributed by atoms with van der Waals surface area (Å²) >= 11 is 6.05. The molecule has 0 amide bonds. The highest BCUT2D eigenvalue weighted by molar-refractivity contribution is 7.89. The third-order valence-corrected chi connectivity index (χ3v) is 6.56. The van der Waals surface area contributed by atoms with Gasteiger partial charge in [0.25, 0.3) is 0 Å². The minimum absolute atomic E-state index is 0.122. The van der Waals surface area contributed by atoms with Crippen LogP contribution in [0, 0.1) is 0 Å². The zero-order valence-corrected chi connectivity index (χ0v) is 19.0. The van der Waals surface area contributed by atoms with Gasteiger partial charge in [-0.3, -0.25) is 4.98 Å². The van der Waals surface area contributed by atoms with E-state index in [9.17, 15) is 8.42 Å². The van der Waals surface area contributed by atoms with E-state index in [0.29, 0.717) is 17.4 Å². The zero-order chi connectivity index (χ0) is 22.3. The van der Waals surface area contributed by atoms with Crippen LogP contribution in [-0.2, 0) is 27.8 Å². The Hall–Kier alpha value is -2.45. The number of pyridine rings is 1. The summed E-state index contributed by atoms with van der Waals surface area (Å²) < 4.78 is 39.3. The molecule has 0 saturated carbocycles. The predicted octanol–water partition coefficient (Wildman–Crippen LogP) is 4.54. The third-order valence-electron chi connectivity index (χ3n) is 4.54. The van der Waals surface area contributed by atoms with Gasteiger partial charge in [-0.15, -0.1) is 0 Å². The largest absolute Gasteiger partial charge is 0.488 e. The molecule has 0 fully saturated rings.